The van der Waals surface area contributed by atoms with Gasteiger partial charge in [-0.25, -0.2) is 0 Å². The lowest BCUT2D eigenvalue weighted by Gasteiger charge is -2.39. The summed E-state index contributed by atoms with van der Waals surface area (Å²) < 4.78 is 0. The Bertz CT molecular complexity index is 949. The fourth-order valence-corrected chi connectivity index (χ4v) is 4.79. The van der Waals surface area contributed by atoms with E-state index in [0.717, 1.165) is 50.0 Å². The van der Waals surface area contributed by atoms with Gasteiger partial charge in [0.05, 0.1) is 6.54 Å². The van der Waals surface area contributed by atoms with Gasteiger partial charge < -0.3 is 10.2 Å². The minimum Gasteiger partial charge on any atom is -0.351 e. The third-order valence-corrected chi connectivity index (χ3v) is 6.61. The van der Waals surface area contributed by atoms with Crippen LogP contribution in [0.15, 0.2) is 42.5 Å². The van der Waals surface area contributed by atoms with E-state index in [2.05, 4.69) is 54.4 Å². The predicted molar refractivity (Wildman–Crippen MR) is 123 cm³/mol. The first kappa shape index (κ1) is 21.6. The lowest BCUT2D eigenvalue weighted by atomic mass is 9.91. The van der Waals surface area contributed by atoms with E-state index in [1.165, 1.54) is 23.1 Å². The van der Waals surface area contributed by atoms with Gasteiger partial charge in [-0.1, -0.05) is 48.0 Å². The standard InChI is InChI=1S/C26H33N3O2/c1-19-10-11-20(2)22(16-19)17-27-24(30)18-29-15-12-21-8-4-5-9-23(21)25(29)26(31)28-13-6-3-7-14-28/h4-5,8-11,16,25H,3,6-7,12-15,17-18H2,1-2H3,(H,27,30). The fourth-order valence-electron chi connectivity index (χ4n) is 4.79. The number of nitrogens with zero attached hydrogens (tertiary/aromatic N) is 2. The molecule has 164 valence electrons. The average Bonchev–Trinajstić information content (AvgIpc) is 2.79. The second kappa shape index (κ2) is 9.65. The monoisotopic (exact) mass is 419 g/mol. The molecule has 2 heterocycles. The molecule has 2 aliphatic heterocycles. The molecule has 1 saturated heterocycles. The van der Waals surface area contributed by atoms with E-state index in [9.17, 15) is 9.59 Å². The van der Waals surface area contributed by atoms with Crippen LogP contribution in [0.5, 0.6) is 0 Å². The van der Waals surface area contributed by atoms with E-state index >= 15 is 0 Å². The van der Waals surface area contributed by atoms with Crippen LogP contribution in [0.25, 0.3) is 0 Å². The molecule has 1 atom stereocenters. The van der Waals surface area contributed by atoms with Gasteiger partial charge in [0.1, 0.15) is 6.04 Å². The van der Waals surface area contributed by atoms with Gasteiger partial charge in [-0.2, -0.15) is 0 Å². The van der Waals surface area contributed by atoms with Crippen molar-refractivity contribution in [1.82, 2.24) is 15.1 Å². The summed E-state index contributed by atoms with van der Waals surface area (Å²) in [6.07, 6.45) is 4.19. The Balaban J connectivity index is 1.48. The van der Waals surface area contributed by atoms with Gasteiger partial charge in [-0.3, -0.25) is 14.5 Å². The van der Waals surface area contributed by atoms with Gasteiger partial charge in [0.15, 0.2) is 0 Å². The second-order valence-corrected chi connectivity index (χ2v) is 8.91. The zero-order valence-electron chi connectivity index (χ0n) is 18.7. The quantitative estimate of drug-likeness (QED) is 0.807. The Morgan fingerprint density at radius 1 is 1.00 bits per heavy atom. The molecule has 5 heteroatoms. The van der Waals surface area contributed by atoms with Crippen LogP contribution >= 0.6 is 0 Å². The molecule has 1 N–H and O–H groups in total. The molecular formula is C26H33N3O2. The van der Waals surface area contributed by atoms with Crippen LogP contribution in [-0.4, -0.2) is 47.8 Å². The van der Waals surface area contributed by atoms with Gasteiger partial charge >= 0.3 is 0 Å². The number of hydrogen-bond acceptors (Lipinski definition) is 3. The van der Waals surface area contributed by atoms with Crippen LogP contribution in [0.2, 0.25) is 0 Å². The molecule has 0 aromatic heterocycles. The SMILES string of the molecule is Cc1ccc(C)c(CNC(=O)CN2CCc3ccccc3C2C(=O)N2CCCCC2)c1. The van der Waals surface area contributed by atoms with Crippen LogP contribution in [0.3, 0.4) is 0 Å². The van der Waals surface area contributed by atoms with Crippen LogP contribution in [0.4, 0.5) is 0 Å². The maximum atomic E-state index is 13.5. The summed E-state index contributed by atoms with van der Waals surface area (Å²) in [7, 11) is 0. The molecule has 2 aliphatic rings. The molecule has 0 aliphatic carbocycles. The van der Waals surface area contributed by atoms with Gasteiger partial charge in [-0.05, 0) is 61.8 Å². The summed E-state index contributed by atoms with van der Waals surface area (Å²) in [5, 5.41) is 3.07. The van der Waals surface area contributed by atoms with Gasteiger partial charge in [0.25, 0.3) is 0 Å². The van der Waals surface area contributed by atoms with Gasteiger partial charge in [0, 0.05) is 26.2 Å². The van der Waals surface area contributed by atoms with Crippen molar-refractivity contribution in [3.05, 3.63) is 70.3 Å². The highest BCUT2D eigenvalue weighted by atomic mass is 16.2. The van der Waals surface area contributed by atoms with E-state index in [1.54, 1.807) is 0 Å². The number of amides is 2. The Morgan fingerprint density at radius 3 is 2.58 bits per heavy atom. The highest BCUT2D eigenvalue weighted by Gasteiger charge is 2.36. The summed E-state index contributed by atoms with van der Waals surface area (Å²) >= 11 is 0. The summed E-state index contributed by atoms with van der Waals surface area (Å²) in [5.74, 6) is 0.117. The molecule has 0 bridgehead atoms. The smallest absolute Gasteiger partial charge is 0.244 e. The average molecular weight is 420 g/mol. The minimum atomic E-state index is -0.366. The summed E-state index contributed by atoms with van der Waals surface area (Å²) in [4.78, 5) is 30.4. The lowest BCUT2D eigenvalue weighted by Crippen LogP contribution is -2.50. The summed E-state index contributed by atoms with van der Waals surface area (Å²) in [5.41, 5.74) is 5.79. The molecule has 4 rings (SSSR count). The molecule has 0 saturated carbocycles. The first-order chi connectivity index (χ1) is 15.0. The number of fused-ring (bicyclic) bond motifs is 1. The highest BCUT2D eigenvalue weighted by Crippen LogP contribution is 2.32. The molecule has 2 amide bonds. The van der Waals surface area contributed by atoms with Crippen molar-refractivity contribution in [2.75, 3.05) is 26.2 Å². The number of likely N-dealkylation sites (tertiary alicyclic amines) is 1. The zero-order valence-corrected chi connectivity index (χ0v) is 18.7. The van der Waals surface area contributed by atoms with E-state index in [0.29, 0.717) is 6.54 Å². The summed E-state index contributed by atoms with van der Waals surface area (Å²) in [6, 6.07) is 14.1. The van der Waals surface area contributed by atoms with Crippen molar-refractivity contribution in [2.45, 2.75) is 52.1 Å². The molecule has 5 nitrogen and oxygen atoms in total. The van der Waals surface area contributed by atoms with E-state index in [-0.39, 0.29) is 24.4 Å². The molecule has 0 radical (unpaired) electrons. The van der Waals surface area contributed by atoms with Crippen molar-refractivity contribution in [3.63, 3.8) is 0 Å². The Morgan fingerprint density at radius 2 is 1.77 bits per heavy atom. The highest BCUT2D eigenvalue weighted by molar-refractivity contribution is 5.85. The Kier molecular flexibility index (Phi) is 6.71. The molecule has 0 spiro atoms. The van der Waals surface area contributed by atoms with E-state index < -0.39 is 0 Å². The zero-order chi connectivity index (χ0) is 21.8. The van der Waals surface area contributed by atoms with E-state index in [4.69, 9.17) is 0 Å². The maximum Gasteiger partial charge on any atom is 0.244 e. The normalized spacial score (nSPS) is 19.0. The molecule has 31 heavy (non-hydrogen) atoms. The number of benzene rings is 2. The number of nitrogens with one attached hydrogen (secondary N) is 1. The number of aryl methyl sites for hydroxylation is 2. The van der Waals surface area contributed by atoms with Crippen molar-refractivity contribution < 1.29 is 9.59 Å². The van der Waals surface area contributed by atoms with Crippen molar-refractivity contribution in [2.24, 2.45) is 0 Å². The van der Waals surface area contributed by atoms with Gasteiger partial charge in [-0.15, -0.1) is 0 Å². The van der Waals surface area contributed by atoms with Crippen LogP contribution in [0.1, 0.15) is 53.1 Å². The van der Waals surface area contributed by atoms with Crippen LogP contribution in [0, 0.1) is 13.8 Å². The number of piperidine rings is 1. The van der Waals surface area contributed by atoms with Crippen molar-refractivity contribution in [3.8, 4) is 0 Å². The first-order valence-electron chi connectivity index (χ1n) is 11.5. The predicted octanol–water partition coefficient (Wildman–Crippen LogP) is 3.53. The van der Waals surface area contributed by atoms with Crippen molar-refractivity contribution >= 4 is 11.8 Å². The first-order valence-corrected chi connectivity index (χ1v) is 11.5. The van der Waals surface area contributed by atoms with Gasteiger partial charge in [0.2, 0.25) is 11.8 Å². The molecule has 2 aromatic rings. The number of carbonyl (C=O) groups excluding carboxylic acids is 2. The van der Waals surface area contributed by atoms with E-state index in [1.807, 2.05) is 17.0 Å². The van der Waals surface area contributed by atoms with Crippen molar-refractivity contribution in [1.29, 1.82) is 0 Å². The second-order valence-electron chi connectivity index (χ2n) is 8.91. The third kappa shape index (κ3) is 4.99. The number of rotatable bonds is 5. The topological polar surface area (TPSA) is 52.7 Å². The Labute approximate surface area is 185 Å². The maximum absolute atomic E-state index is 13.5. The molecule has 2 aromatic carbocycles. The van der Waals surface area contributed by atoms with Crippen LogP contribution in [-0.2, 0) is 22.6 Å². The molecule has 1 unspecified atom stereocenters. The molecule has 1 fully saturated rings. The number of hydrogen-bond donors (Lipinski definition) is 1. The Hall–Kier alpha value is -2.66. The third-order valence-electron chi connectivity index (χ3n) is 6.61. The molecular weight excluding hydrogens is 386 g/mol. The van der Waals surface area contributed by atoms with Crippen LogP contribution < -0.4 is 5.32 Å². The largest absolute Gasteiger partial charge is 0.351 e. The lowest BCUT2D eigenvalue weighted by molar-refractivity contribution is -0.139. The minimum absolute atomic E-state index is 0.0308. The number of carbonyl (C=O) groups is 2. The fraction of sp³-hybridized carbons (Fsp3) is 0.462. The summed E-state index contributed by atoms with van der Waals surface area (Å²) in [6.45, 7) is 7.25.